The second-order valence-corrected chi connectivity index (χ2v) is 13.3. The number of anilines is 2. The monoisotopic (exact) mass is 662 g/mol. The summed E-state index contributed by atoms with van der Waals surface area (Å²) < 4.78 is 1.99. The van der Waals surface area contributed by atoms with E-state index in [1.807, 2.05) is 77.1 Å². The summed E-state index contributed by atoms with van der Waals surface area (Å²) in [7, 11) is 1.94. The largest absolute Gasteiger partial charge is 0.350 e. The molecule has 0 radical (unpaired) electrons. The topological polar surface area (TPSA) is 130 Å². The third-order valence-corrected chi connectivity index (χ3v) is 9.30. The summed E-state index contributed by atoms with van der Waals surface area (Å²) in [6, 6.07) is 13.7. The lowest BCUT2D eigenvalue weighted by Gasteiger charge is -2.37. The van der Waals surface area contributed by atoms with Crippen molar-refractivity contribution in [3.05, 3.63) is 82.2 Å². The first-order valence-corrected chi connectivity index (χ1v) is 16.1. The van der Waals surface area contributed by atoms with Crippen molar-refractivity contribution in [1.29, 1.82) is 0 Å². The first-order chi connectivity index (χ1) is 21.5. The van der Waals surface area contributed by atoms with Crippen molar-refractivity contribution in [3.8, 4) is 0 Å². The van der Waals surface area contributed by atoms with Gasteiger partial charge in [-0.2, -0.15) is 11.3 Å². The molecule has 2 aromatic heterocycles. The number of nitrogens with one attached hydrogen (secondary N) is 2. The zero-order valence-electron chi connectivity index (χ0n) is 26.1. The molecular formula is C34H39ClN6O4S. The summed E-state index contributed by atoms with van der Waals surface area (Å²) in [5, 5.41) is 10.8. The van der Waals surface area contributed by atoms with Gasteiger partial charge in [0.05, 0.1) is 23.5 Å². The van der Waals surface area contributed by atoms with Gasteiger partial charge in [-0.25, -0.2) is 0 Å². The van der Waals surface area contributed by atoms with E-state index >= 15 is 0 Å². The van der Waals surface area contributed by atoms with Crippen LogP contribution in [0.2, 0.25) is 0 Å². The normalized spacial score (nSPS) is 17.1. The predicted octanol–water partition coefficient (Wildman–Crippen LogP) is 3.83. The molecule has 1 unspecified atom stereocenters. The zero-order chi connectivity index (χ0) is 31.9. The molecule has 0 bridgehead atoms. The van der Waals surface area contributed by atoms with E-state index in [0.717, 1.165) is 39.7 Å². The van der Waals surface area contributed by atoms with Crippen molar-refractivity contribution in [1.82, 2.24) is 15.2 Å². The van der Waals surface area contributed by atoms with Gasteiger partial charge in [-0.3, -0.25) is 19.2 Å². The number of hydrogen-bond acceptors (Lipinski definition) is 6. The average Bonchev–Trinajstić information content (AvgIpc) is 3.75. The van der Waals surface area contributed by atoms with Gasteiger partial charge in [-0.1, -0.05) is 30.3 Å². The summed E-state index contributed by atoms with van der Waals surface area (Å²) >= 11 is 1.54. The van der Waals surface area contributed by atoms with Crippen LogP contribution in [0.5, 0.6) is 0 Å². The van der Waals surface area contributed by atoms with Crippen molar-refractivity contribution < 1.29 is 19.2 Å². The molecule has 0 aliphatic carbocycles. The van der Waals surface area contributed by atoms with Crippen molar-refractivity contribution >= 4 is 69.7 Å². The number of fused-ring (bicyclic) bond motifs is 2. The van der Waals surface area contributed by atoms with Gasteiger partial charge < -0.3 is 30.7 Å². The number of rotatable bonds is 9. The Hall–Kier alpha value is -4.19. The van der Waals surface area contributed by atoms with E-state index in [1.165, 1.54) is 0 Å². The number of aryl methyl sites for hydroxylation is 1. The number of halogens is 1. The van der Waals surface area contributed by atoms with Crippen LogP contribution in [0.15, 0.2) is 65.5 Å². The Kier molecular flexibility index (Phi) is 9.57. The first-order valence-electron chi connectivity index (χ1n) is 15.2. The second-order valence-electron chi connectivity index (χ2n) is 12.5. The Morgan fingerprint density at radius 2 is 1.89 bits per heavy atom. The number of carbonyl (C=O) groups is 4. The minimum atomic E-state index is -1.21. The van der Waals surface area contributed by atoms with Crippen LogP contribution in [0.4, 0.5) is 11.4 Å². The maximum atomic E-state index is 14.2. The number of carbonyl (C=O) groups excluding carboxylic acids is 4. The van der Waals surface area contributed by atoms with Gasteiger partial charge in [0.2, 0.25) is 23.6 Å². The number of benzene rings is 2. The van der Waals surface area contributed by atoms with Gasteiger partial charge in [-0.05, 0) is 65.9 Å². The third kappa shape index (κ3) is 6.53. The number of thiophene rings is 1. The average molecular weight is 663 g/mol. The van der Waals surface area contributed by atoms with E-state index in [1.54, 1.807) is 35.0 Å². The van der Waals surface area contributed by atoms with E-state index in [2.05, 4.69) is 10.6 Å². The molecule has 1 fully saturated rings. The zero-order valence-corrected chi connectivity index (χ0v) is 27.7. The Morgan fingerprint density at radius 3 is 2.59 bits per heavy atom. The standard InChI is InChI=1S/C34H38N6O4S.ClH/c1-34(2,35)33(44)37-25(17-23-19-38(3)27-10-5-4-9-24(23)27)31(42)36-26-16-22-8-6-11-28(39-14-7-12-29(39)41)30(22)40(32(26)43)18-21-13-15-45-20-21;/h4-6,8-11,13,15,19-20,25-26H,7,12,14,16-18,35H2,1-3H3,(H,36,42)(H,37,44);1H/t25-,26?;/m1./s1. The fraction of sp³-hybridized carbons (Fsp3) is 0.353. The molecule has 10 nitrogen and oxygen atoms in total. The van der Waals surface area contributed by atoms with Gasteiger partial charge in [0.25, 0.3) is 0 Å². The summed E-state index contributed by atoms with van der Waals surface area (Å²) in [4.78, 5) is 57.5. The second kappa shape index (κ2) is 13.3. The highest BCUT2D eigenvalue weighted by atomic mass is 35.5. The molecule has 4 heterocycles. The number of nitrogens with two attached hydrogens (primary N) is 1. The maximum Gasteiger partial charge on any atom is 0.250 e. The Balaban J connectivity index is 0.00000417. The molecule has 4 N–H and O–H groups in total. The van der Waals surface area contributed by atoms with Gasteiger partial charge in [-0.15, -0.1) is 12.4 Å². The molecule has 242 valence electrons. The molecule has 2 aliphatic rings. The SMILES string of the molecule is Cl.Cn1cc(C[C@@H](NC(=O)C(C)(C)N)C(=O)NC2Cc3cccc(N4CCCC4=O)c3N(Cc3ccsc3)C2=O)c2ccccc21. The van der Waals surface area contributed by atoms with Crippen LogP contribution in [-0.2, 0) is 45.6 Å². The molecule has 0 saturated carbocycles. The molecule has 4 aromatic rings. The van der Waals surface area contributed by atoms with Crippen LogP contribution in [0.3, 0.4) is 0 Å². The Labute approximate surface area is 278 Å². The summed E-state index contributed by atoms with van der Waals surface area (Å²) in [6.07, 6.45) is 3.67. The van der Waals surface area contributed by atoms with Crippen molar-refractivity contribution in [2.24, 2.45) is 12.8 Å². The Bertz CT molecular complexity index is 1780. The minimum Gasteiger partial charge on any atom is -0.350 e. The lowest BCUT2D eigenvalue weighted by atomic mass is 9.94. The number of amides is 4. The summed E-state index contributed by atoms with van der Waals surface area (Å²) in [5.74, 6) is -1.17. The molecule has 46 heavy (non-hydrogen) atoms. The van der Waals surface area contributed by atoms with Crippen LogP contribution < -0.4 is 26.2 Å². The molecule has 2 aliphatic heterocycles. The highest BCUT2D eigenvalue weighted by molar-refractivity contribution is 7.07. The summed E-state index contributed by atoms with van der Waals surface area (Å²) in [6.45, 7) is 4.07. The van der Waals surface area contributed by atoms with Crippen molar-refractivity contribution in [3.63, 3.8) is 0 Å². The molecular weight excluding hydrogens is 624 g/mol. The van der Waals surface area contributed by atoms with Crippen LogP contribution in [0.25, 0.3) is 10.9 Å². The number of nitrogens with zero attached hydrogens (tertiary/aromatic N) is 3. The number of aromatic nitrogens is 1. The Morgan fingerprint density at radius 1 is 1.11 bits per heavy atom. The van der Waals surface area contributed by atoms with Crippen LogP contribution in [-0.4, -0.2) is 52.4 Å². The minimum absolute atomic E-state index is 0. The fourth-order valence-corrected chi connectivity index (χ4v) is 6.91. The molecule has 2 atom stereocenters. The first kappa shape index (κ1) is 33.2. The number of hydrogen-bond donors (Lipinski definition) is 3. The number of para-hydroxylation sites is 2. The molecule has 12 heteroatoms. The van der Waals surface area contributed by atoms with Gasteiger partial charge >= 0.3 is 0 Å². The molecule has 6 rings (SSSR count). The maximum absolute atomic E-state index is 14.2. The lowest BCUT2D eigenvalue weighted by molar-refractivity contribution is -0.133. The summed E-state index contributed by atoms with van der Waals surface area (Å²) in [5.41, 5.74) is 10.0. The molecule has 1 saturated heterocycles. The van der Waals surface area contributed by atoms with Gasteiger partial charge in [0, 0.05) is 50.0 Å². The lowest BCUT2D eigenvalue weighted by Crippen LogP contribution is -2.60. The highest BCUT2D eigenvalue weighted by Crippen LogP contribution is 2.40. The van der Waals surface area contributed by atoms with E-state index in [0.29, 0.717) is 25.2 Å². The smallest absolute Gasteiger partial charge is 0.250 e. The van der Waals surface area contributed by atoms with Crippen LogP contribution in [0, 0.1) is 0 Å². The fourth-order valence-electron chi connectivity index (χ4n) is 6.25. The molecule has 2 aromatic carbocycles. The van der Waals surface area contributed by atoms with Crippen LogP contribution in [0.1, 0.15) is 43.4 Å². The molecule has 4 amide bonds. The van der Waals surface area contributed by atoms with E-state index < -0.39 is 29.4 Å². The van der Waals surface area contributed by atoms with E-state index in [9.17, 15) is 19.2 Å². The van der Waals surface area contributed by atoms with Crippen molar-refractivity contribution in [2.75, 3.05) is 16.3 Å². The van der Waals surface area contributed by atoms with E-state index in [4.69, 9.17) is 5.73 Å². The quantitative estimate of drug-likeness (QED) is 0.251. The highest BCUT2D eigenvalue weighted by Gasteiger charge is 2.39. The van der Waals surface area contributed by atoms with Gasteiger partial charge in [0.15, 0.2) is 0 Å². The van der Waals surface area contributed by atoms with E-state index in [-0.39, 0.29) is 37.1 Å². The third-order valence-electron chi connectivity index (χ3n) is 8.57. The van der Waals surface area contributed by atoms with Gasteiger partial charge in [0.1, 0.15) is 12.1 Å². The van der Waals surface area contributed by atoms with Crippen LogP contribution >= 0.6 is 23.7 Å². The molecule has 0 spiro atoms. The van der Waals surface area contributed by atoms with Crippen molar-refractivity contribution in [2.45, 2.75) is 63.7 Å². The predicted molar refractivity (Wildman–Crippen MR) is 183 cm³/mol.